The van der Waals surface area contributed by atoms with E-state index in [4.69, 9.17) is 10.7 Å². The first-order chi connectivity index (χ1) is 6.41. The Hall–Kier alpha value is 0.160. The first-order valence-corrected chi connectivity index (χ1v) is 7.06. The third-order valence-electron chi connectivity index (χ3n) is 3.34. The van der Waals surface area contributed by atoms with Crippen molar-refractivity contribution in [3.8, 4) is 0 Å². The third kappa shape index (κ3) is 1.91. The van der Waals surface area contributed by atoms with E-state index in [1.54, 1.807) is 0 Å². The lowest BCUT2D eigenvalue weighted by molar-refractivity contribution is 0.295. The molecular formula is C8H15ClN2O2S. The van der Waals surface area contributed by atoms with E-state index in [9.17, 15) is 8.42 Å². The molecule has 0 radical (unpaired) electrons. The maximum absolute atomic E-state index is 11.1. The molecule has 0 aromatic heterocycles. The van der Waals surface area contributed by atoms with E-state index in [2.05, 4.69) is 11.9 Å². The molecule has 14 heavy (non-hydrogen) atoms. The number of nitrogens with zero attached hydrogens (tertiary/aromatic N) is 2. The lowest BCUT2D eigenvalue weighted by atomic mass is 9.87. The molecule has 6 heteroatoms. The zero-order valence-electron chi connectivity index (χ0n) is 8.24. The molecule has 0 aliphatic carbocycles. The summed E-state index contributed by atoms with van der Waals surface area (Å²) in [5.74, 6) is 0. The molecule has 0 saturated carbocycles. The Bertz CT molecular complexity index is 332. The molecule has 1 unspecified atom stereocenters. The monoisotopic (exact) mass is 238 g/mol. The van der Waals surface area contributed by atoms with Crippen molar-refractivity contribution in [2.75, 3.05) is 33.2 Å². The van der Waals surface area contributed by atoms with Gasteiger partial charge in [-0.3, -0.25) is 0 Å². The molecule has 2 saturated heterocycles. The predicted octanol–water partition coefficient (Wildman–Crippen LogP) is 0.498. The van der Waals surface area contributed by atoms with E-state index in [1.165, 1.54) is 4.31 Å². The second kappa shape index (κ2) is 3.33. The normalized spacial score (nSPS) is 35.9. The molecular weight excluding hydrogens is 224 g/mol. The Labute approximate surface area is 89.4 Å². The summed E-state index contributed by atoms with van der Waals surface area (Å²) in [6, 6.07) is 0. The highest BCUT2D eigenvalue weighted by Gasteiger charge is 2.45. The molecule has 2 heterocycles. The van der Waals surface area contributed by atoms with Crippen molar-refractivity contribution in [2.24, 2.45) is 5.41 Å². The Morgan fingerprint density at radius 3 is 2.29 bits per heavy atom. The zero-order chi connectivity index (χ0) is 10.4. The van der Waals surface area contributed by atoms with Crippen LogP contribution < -0.4 is 0 Å². The zero-order valence-corrected chi connectivity index (χ0v) is 9.81. The summed E-state index contributed by atoms with van der Waals surface area (Å²) in [7, 11) is 3.90. The van der Waals surface area contributed by atoms with Crippen molar-refractivity contribution in [2.45, 2.75) is 12.8 Å². The summed E-state index contributed by atoms with van der Waals surface area (Å²) in [4.78, 5) is 2.25. The van der Waals surface area contributed by atoms with Crippen molar-refractivity contribution in [1.29, 1.82) is 0 Å². The van der Waals surface area contributed by atoms with Gasteiger partial charge in [-0.15, -0.1) is 0 Å². The fraction of sp³-hybridized carbons (Fsp3) is 1.00. The Morgan fingerprint density at radius 2 is 1.86 bits per heavy atom. The van der Waals surface area contributed by atoms with Gasteiger partial charge in [0.2, 0.25) is 0 Å². The van der Waals surface area contributed by atoms with Gasteiger partial charge in [0.25, 0.3) is 9.24 Å². The molecule has 0 amide bonds. The minimum absolute atomic E-state index is 0.177. The van der Waals surface area contributed by atoms with E-state index < -0.39 is 9.24 Å². The maximum Gasteiger partial charge on any atom is 0.299 e. The number of likely N-dealkylation sites (tertiary alicyclic amines) is 1. The van der Waals surface area contributed by atoms with Crippen LogP contribution in [-0.4, -0.2) is 50.8 Å². The second-order valence-corrected chi connectivity index (χ2v) is 7.02. The summed E-state index contributed by atoms with van der Waals surface area (Å²) in [6.45, 7) is 3.24. The summed E-state index contributed by atoms with van der Waals surface area (Å²) in [5, 5.41) is 0. The Kier molecular flexibility index (Phi) is 2.54. The molecule has 2 fully saturated rings. The molecule has 0 aromatic carbocycles. The molecule has 82 valence electrons. The van der Waals surface area contributed by atoms with Gasteiger partial charge in [-0.2, -0.15) is 12.7 Å². The van der Waals surface area contributed by atoms with E-state index in [0.717, 1.165) is 25.9 Å². The summed E-state index contributed by atoms with van der Waals surface area (Å²) in [5.41, 5.74) is 0.177. The number of rotatable bonds is 1. The minimum atomic E-state index is -3.50. The van der Waals surface area contributed by atoms with Crippen molar-refractivity contribution >= 4 is 19.9 Å². The molecule has 1 atom stereocenters. The van der Waals surface area contributed by atoms with Crippen molar-refractivity contribution in [3.05, 3.63) is 0 Å². The van der Waals surface area contributed by atoms with Crippen molar-refractivity contribution in [1.82, 2.24) is 9.21 Å². The summed E-state index contributed by atoms with van der Waals surface area (Å²) in [6.07, 6.45) is 2.04. The highest BCUT2D eigenvalue weighted by Crippen LogP contribution is 2.40. The van der Waals surface area contributed by atoms with Crippen molar-refractivity contribution < 1.29 is 8.42 Å². The van der Waals surface area contributed by atoms with Crippen LogP contribution in [-0.2, 0) is 9.24 Å². The van der Waals surface area contributed by atoms with Gasteiger partial charge in [0.05, 0.1) is 0 Å². The lowest BCUT2D eigenvalue weighted by Gasteiger charge is -2.22. The predicted molar refractivity (Wildman–Crippen MR) is 55.5 cm³/mol. The molecule has 4 nitrogen and oxygen atoms in total. The van der Waals surface area contributed by atoms with Gasteiger partial charge in [-0.05, 0) is 31.8 Å². The molecule has 0 N–H and O–H groups in total. The van der Waals surface area contributed by atoms with Gasteiger partial charge in [0.15, 0.2) is 0 Å². The van der Waals surface area contributed by atoms with E-state index in [-0.39, 0.29) is 5.41 Å². The van der Waals surface area contributed by atoms with Crippen LogP contribution in [0.15, 0.2) is 0 Å². The van der Waals surface area contributed by atoms with Gasteiger partial charge < -0.3 is 4.90 Å². The quantitative estimate of drug-likeness (QED) is 0.625. The van der Waals surface area contributed by atoms with Crippen LogP contribution in [0.1, 0.15) is 12.8 Å². The third-order valence-corrected chi connectivity index (χ3v) is 4.85. The van der Waals surface area contributed by atoms with Gasteiger partial charge >= 0.3 is 0 Å². The van der Waals surface area contributed by atoms with Gasteiger partial charge in [-0.25, -0.2) is 0 Å². The average molecular weight is 239 g/mol. The van der Waals surface area contributed by atoms with Gasteiger partial charge in [0.1, 0.15) is 0 Å². The fourth-order valence-corrected chi connectivity index (χ4v) is 3.66. The standard InChI is InChI=1S/C8H15ClN2O2S/c1-10-4-2-8(6-10)3-5-11(7-8)14(9,12)13/h2-7H2,1H3. The molecule has 2 rings (SSSR count). The number of halogens is 1. The SMILES string of the molecule is CN1CCC2(CCN(S(=O)(=O)Cl)C2)C1. The second-order valence-electron chi connectivity index (χ2n) is 4.51. The van der Waals surface area contributed by atoms with Crippen LogP contribution in [0.4, 0.5) is 0 Å². The Morgan fingerprint density at radius 1 is 1.21 bits per heavy atom. The molecule has 2 aliphatic heterocycles. The van der Waals surface area contributed by atoms with Crippen LogP contribution in [0, 0.1) is 5.41 Å². The first-order valence-electron chi connectivity index (χ1n) is 4.80. The van der Waals surface area contributed by atoms with E-state index in [0.29, 0.717) is 13.1 Å². The van der Waals surface area contributed by atoms with Crippen molar-refractivity contribution in [3.63, 3.8) is 0 Å². The molecule has 0 aromatic rings. The van der Waals surface area contributed by atoms with Gasteiger partial charge in [-0.1, -0.05) is 0 Å². The summed E-state index contributed by atoms with van der Waals surface area (Å²) >= 11 is 0. The fourth-order valence-electron chi connectivity index (χ4n) is 2.57. The minimum Gasteiger partial charge on any atom is -0.306 e. The Balaban J connectivity index is 2.08. The molecule has 0 bridgehead atoms. The van der Waals surface area contributed by atoms with Crippen LogP contribution in [0.3, 0.4) is 0 Å². The smallest absolute Gasteiger partial charge is 0.299 e. The van der Waals surface area contributed by atoms with Crippen LogP contribution in [0.25, 0.3) is 0 Å². The van der Waals surface area contributed by atoms with E-state index >= 15 is 0 Å². The van der Waals surface area contributed by atoms with Crippen LogP contribution in [0.5, 0.6) is 0 Å². The highest BCUT2D eigenvalue weighted by molar-refractivity contribution is 8.11. The van der Waals surface area contributed by atoms with Crippen LogP contribution >= 0.6 is 10.7 Å². The lowest BCUT2D eigenvalue weighted by Crippen LogP contribution is -2.31. The largest absolute Gasteiger partial charge is 0.306 e. The summed E-state index contributed by atoms with van der Waals surface area (Å²) < 4.78 is 23.7. The number of hydrogen-bond donors (Lipinski definition) is 0. The average Bonchev–Trinajstić information content (AvgIpc) is 2.59. The maximum atomic E-state index is 11.1. The van der Waals surface area contributed by atoms with Gasteiger partial charge in [0, 0.05) is 30.3 Å². The first kappa shape index (κ1) is 10.7. The number of hydrogen-bond acceptors (Lipinski definition) is 3. The molecule has 1 spiro atoms. The highest BCUT2D eigenvalue weighted by atomic mass is 35.7. The van der Waals surface area contributed by atoms with Crippen LogP contribution in [0.2, 0.25) is 0 Å². The van der Waals surface area contributed by atoms with E-state index in [1.807, 2.05) is 0 Å². The molecule has 2 aliphatic rings. The topological polar surface area (TPSA) is 40.6 Å².